The lowest BCUT2D eigenvalue weighted by Crippen LogP contribution is -2.50. The molecule has 2 aliphatic heterocycles. The van der Waals surface area contributed by atoms with Gasteiger partial charge >= 0.3 is 12.1 Å². The molecule has 1 aromatic heterocycles. The number of aromatic nitrogens is 1. The summed E-state index contributed by atoms with van der Waals surface area (Å²) in [4.78, 5) is 28.4. The van der Waals surface area contributed by atoms with Crippen molar-refractivity contribution in [3.8, 4) is 5.75 Å². The van der Waals surface area contributed by atoms with Gasteiger partial charge < -0.3 is 15.2 Å². The summed E-state index contributed by atoms with van der Waals surface area (Å²) < 4.78 is 38.3. The van der Waals surface area contributed by atoms with Gasteiger partial charge in [-0.05, 0) is 61.8 Å². The molecule has 1 unspecified atom stereocenters. The third-order valence-electron chi connectivity index (χ3n) is 7.14. The number of aliphatic carboxylic acids is 1. The highest BCUT2D eigenvalue weighted by atomic mass is 19.4. The fourth-order valence-electron chi connectivity index (χ4n) is 4.95. The minimum Gasteiger partial charge on any atom is -0.487 e. The number of carbonyl (C=O) groups excluding carboxylic acids is 1. The number of amides is 1. The maximum absolute atomic E-state index is 12.6. The molecule has 0 bridgehead atoms. The molecule has 1 saturated carbocycles. The second-order valence-electron chi connectivity index (χ2n) is 10.1. The molecule has 5 rings (SSSR count). The highest BCUT2D eigenvalue weighted by molar-refractivity contribution is 5.77. The monoisotopic (exact) mass is 519 g/mol. The lowest BCUT2D eigenvalue weighted by Gasteiger charge is -2.47. The summed E-state index contributed by atoms with van der Waals surface area (Å²) in [7, 11) is 0. The highest BCUT2D eigenvalue weighted by Gasteiger charge is 2.43. The van der Waals surface area contributed by atoms with Gasteiger partial charge in [0.25, 0.3) is 0 Å². The molecule has 2 N–H and O–H groups in total. The minimum atomic E-state index is -5.08. The molecule has 37 heavy (non-hydrogen) atoms. The van der Waals surface area contributed by atoms with E-state index in [1.807, 2.05) is 24.4 Å². The van der Waals surface area contributed by atoms with Gasteiger partial charge in [0.15, 0.2) is 0 Å². The summed E-state index contributed by atoms with van der Waals surface area (Å²) in [6, 6.07) is 14.4. The number of hydrogen-bond acceptors (Lipinski definition) is 5. The zero-order valence-corrected chi connectivity index (χ0v) is 20.5. The molecule has 200 valence electrons. The number of carboxylic acid groups (broad SMARTS) is 1. The van der Waals surface area contributed by atoms with Crippen LogP contribution in [0.1, 0.15) is 55.7 Å². The van der Waals surface area contributed by atoms with E-state index in [4.69, 9.17) is 14.6 Å². The van der Waals surface area contributed by atoms with Crippen molar-refractivity contribution >= 4 is 11.9 Å². The molecular formula is C27H32F3N3O4. The van der Waals surface area contributed by atoms with Gasteiger partial charge in [-0.1, -0.05) is 24.3 Å². The maximum Gasteiger partial charge on any atom is 0.490 e. The molecule has 1 atom stereocenters. The molecule has 3 heterocycles. The molecule has 0 radical (unpaired) electrons. The van der Waals surface area contributed by atoms with E-state index in [1.165, 1.54) is 18.4 Å². The highest BCUT2D eigenvalue weighted by Crippen LogP contribution is 2.46. The van der Waals surface area contributed by atoms with E-state index in [-0.39, 0.29) is 17.4 Å². The summed E-state index contributed by atoms with van der Waals surface area (Å²) in [6.07, 6.45) is 2.78. The number of rotatable bonds is 6. The smallest absolute Gasteiger partial charge is 0.487 e. The van der Waals surface area contributed by atoms with E-state index in [1.54, 1.807) is 0 Å². The van der Waals surface area contributed by atoms with Crippen LogP contribution in [0.25, 0.3) is 0 Å². The number of fused-ring (bicyclic) bond motifs is 1. The van der Waals surface area contributed by atoms with Crippen LogP contribution < -0.4 is 10.1 Å². The number of alkyl halides is 3. The Bertz CT molecular complexity index is 1070. The predicted molar refractivity (Wildman–Crippen MR) is 130 cm³/mol. The number of nitrogens with zero attached hydrogens (tertiary/aromatic N) is 2. The van der Waals surface area contributed by atoms with Crippen LogP contribution in [-0.2, 0) is 16.1 Å². The third-order valence-corrected chi connectivity index (χ3v) is 7.14. The van der Waals surface area contributed by atoms with Gasteiger partial charge in [0.05, 0.1) is 5.69 Å². The first-order chi connectivity index (χ1) is 17.6. The Labute approximate surface area is 214 Å². The van der Waals surface area contributed by atoms with Crippen molar-refractivity contribution in [3.05, 3.63) is 59.9 Å². The minimum absolute atomic E-state index is 0.156. The van der Waals surface area contributed by atoms with Crippen molar-refractivity contribution in [3.63, 3.8) is 0 Å². The number of likely N-dealkylation sites (tertiary alicyclic amines) is 1. The van der Waals surface area contributed by atoms with Crippen LogP contribution in [-0.4, -0.2) is 58.3 Å². The molecule has 2 aromatic rings. The van der Waals surface area contributed by atoms with Gasteiger partial charge in [0, 0.05) is 44.7 Å². The van der Waals surface area contributed by atoms with Crippen molar-refractivity contribution in [1.82, 2.24) is 15.2 Å². The van der Waals surface area contributed by atoms with Gasteiger partial charge in [-0.25, -0.2) is 4.79 Å². The van der Waals surface area contributed by atoms with Crippen LogP contribution in [0.3, 0.4) is 0 Å². The first-order valence-corrected chi connectivity index (χ1v) is 12.6. The van der Waals surface area contributed by atoms with E-state index in [0.29, 0.717) is 12.3 Å². The standard InChI is InChI=1S/C25H31N3O2.C2HF3O2/c29-24(27-17-19-8-9-19)15-20-16-25(30-23-7-2-1-6-22(20)23)10-13-28(14-11-25)18-21-5-3-4-12-26-21;3-2(4,5)1(6)7/h1-7,12,19-20H,8-11,13-18H2,(H,27,29);(H,6,7). The Morgan fingerprint density at radius 2 is 1.78 bits per heavy atom. The van der Waals surface area contributed by atoms with Gasteiger partial charge in [-0.15, -0.1) is 0 Å². The van der Waals surface area contributed by atoms with Crippen LogP contribution in [0.2, 0.25) is 0 Å². The Kier molecular flexibility index (Phi) is 8.36. The number of nitrogens with one attached hydrogen (secondary N) is 1. The maximum atomic E-state index is 12.6. The lowest BCUT2D eigenvalue weighted by atomic mass is 9.76. The Morgan fingerprint density at radius 3 is 2.41 bits per heavy atom. The van der Waals surface area contributed by atoms with Crippen LogP contribution >= 0.6 is 0 Å². The molecule has 1 amide bonds. The van der Waals surface area contributed by atoms with Crippen molar-refractivity contribution in [2.45, 2.75) is 62.8 Å². The van der Waals surface area contributed by atoms with Crippen LogP contribution in [0.4, 0.5) is 13.2 Å². The van der Waals surface area contributed by atoms with E-state index in [0.717, 1.165) is 56.9 Å². The fraction of sp³-hybridized carbons (Fsp3) is 0.519. The van der Waals surface area contributed by atoms with Gasteiger partial charge in [-0.2, -0.15) is 13.2 Å². The van der Waals surface area contributed by atoms with E-state index < -0.39 is 12.1 Å². The first-order valence-electron chi connectivity index (χ1n) is 12.6. The molecule has 3 aliphatic rings. The first kappa shape index (κ1) is 26.9. The SMILES string of the molecule is O=C(CC1CC2(CCN(Cc3ccccn3)CC2)Oc2ccccc21)NCC1CC1.O=C(O)C(F)(F)F. The Balaban J connectivity index is 0.000000405. The molecule has 7 nitrogen and oxygen atoms in total. The van der Waals surface area contributed by atoms with E-state index in [9.17, 15) is 18.0 Å². The predicted octanol–water partition coefficient (Wildman–Crippen LogP) is 4.53. The number of ether oxygens (including phenoxy) is 1. The molecule has 1 aliphatic carbocycles. The van der Waals surface area contributed by atoms with Gasteiger partial charge in [0.1, 0.15) is 11.4 Å². The number of halogens is 3. The fourth-order valence-corrected chi connectivity index (χ4v) is 4.95. The van der Waals surface area contributed by atoms with Crippen molar-refractivity contribution in [1.29, 1.82) is 0 Å². The van der Waals surface area contributed by atoms with Crippen molar-refractivity contribution in [2.75, 3.05) is 19.6 Å². The molecule has 1 aromatic carbocycles. The van der Waals surface area contributed by atoms with E-state index in [2.05, 4.69) is 39.5 Å². The average Bonchev–Trinajstić information content (AvgIpc) is 3.70. The number of carbonyl (C=O) groups is 2. The van der Waals surface area contributed by atoms with E-state index >= 15 is 0 Å². The number of hydrogen-bond donors (Lipinski definition) is 2. The zero-order chi connectivity index (χ0) is 26.5. The van der Waals surface area contributed by atoms with Crippen LogP contribution in [0.15, 0.2) is 48.7 Å². The Hall–Kier alpha value is -3.14. The average molecular weight is 520 g/mol. The number of piperidine rings is 1. The summed E-state index contributed by atoms with van der Waals surface area (Å²) >= 11 is 0. The number of benzene rings is 1. The second-order valence-corrected chi connectivity index (χ2v) is 10.1. The largest absolute Gasteiger partial charge is 0.490 e. The topological polar surface area (TPSA) is 91.8 Å². The second kappa shape index (κ2) is 11.5. The van der Waals surface area contributed by atoms with Gasteiger partial charge in [-0.3, -0.25) is 14.7 Å². The number of para-hydroxylation sites is 1. The van der Waals surface area contributed by atoms with Crippen LogP contribution in [0, 0.1) is 5.92 Å². The molecular weight excluding hydrogens is 487 g/mol. The summed E-state index contributed by atoms with van der Waals surface area (Å²) in [5, 5.41) is 10.3. The van der Waals surface area contributed by atoms with Crippen molar-refractivity contribution < 1.29 is 32.6 Å². The molecule has 1 saturated heterocycles. The molecule has 2 fully saturated rings. The third kappa shape index (κ3) is 7.67. The van der Waals surface area contributed by atoms with Crippen LogP contribution in [0.5, 0.6) is 5.75 Å². The summed E-state index contributed by atoms with van der Waals surface area (Å²) in [6.45, 7) is 3.73. The summed E-state index contributed by atoms with van der Waals surface area (Å²) in [5.74, 6) is -0.650. The zero-order valence-electron chi connectivity index (χ0n) is 20.5. The van der Waals surface area contributed by atoms with Gasteiger partial charge in [0.2, 0.25) is 5.91 Å². The molecule has 10 heteroatoms. The number of pyridine rings is 1. The summed E-state index contributed by atoms with van der Waals surface area (Å²) in [5.41, 5.74) is 2.16. The normalized spacial score (nSPS) is 20.7. The van der Waals surface area contributed by atoms with Crippen molar-refractivity contribution in [2.24, 2.45) is 5.92 Å². The number of carboxylic acids is 1. The quantitative estimate of drug-likeness (QED) is 0.583. The lowest BCUT2D eigenvalue weighted by molar-refractivity contribution is -0.192. The molecule has 1 spiro atoms. The Morgan fingerprint density at radius 1 is 1.11 bits per heavy atom.